The van der Waals surface area contributed by atoms with E-state index in [4.69, 9.17) is 16.3 Å². The first kappa shape index (κ1) is 26.9. The molecule has 1 aromatic carbocycles. The van der Waals surface area contributed by atoms with Crippen LogP contribution in [0.4, 0.5) is 0 Å². The van der Waals surface area contributed by atoms with Crippen LogP contribution in [0.25, 0.3) is 0 Å². The molecule has 0 spiro atoms. The van der Waals surface area contributed by atoms with Gasteiger partial charge < -0.3 is 14.9 Å². The Morgan fingerprint density at radius 3 is 2.52 bits per heavy atom. The predicted octanol–water partition coefficient (Wildman–Crippen LogP) is 5.71. The van der Waals surface area contributed by atoms with Crippen molar-refractivity contribution in [1.82, 2.24) is 0 Å². The number of phenols is 2. The number of aromatic hydroxyl groups is 2. The molecule has 0 radical (unpaired) electrons. The molecule has 0 amide bonds. The molecule has 0 heterocycles. The highest BCUT2D eigenvalue weighted by atomic mass is 35.5. The summed E-state index contributed by atoms with van der Waals surface area (Å²) in [6.45, 7) is 11.2. The number of benzene rings is 1. The van der Waals surface area contributed by atoms with Crippen LogP contribution in [-0.2, 0) is 20.7 Å². The Labute approximate surface area is 201 Å². The molecule has 1 aliphatic carbocycles. The van der Waals surface area contributed by atoms with E-state index in [2.05, 4.69) is 13.8 Å². The van der Waals surface area contributed by atoms with E-state index < -0.39 is 6.10 Å². The van der Waals surface area contributed by atoms with Gasteiger partial charge >= 0.3 is 5.97 Å². The number of Topliss-reactive ketones (excluding diaryl/α,β-unsaturated/α-hetero) is 1. The van der Waals surface area contributed by atoms with Crippen molar-refractivity contribution in [2.75, 3.05) is 0 Å². The maximum atomic E-state index is 12.5. The van der Waals surface area contributed by atoms with Gasteiger partial charge in [-0.15, -0.1) is 0 Å². The first-order valence-electron chi connectivity index (χ1n) is 11.5. The number of ketones is 1. The third kappa shape index (κ3) is 5.43. The van der Waals surface area contributed by atoms with Gasteiger partial charge in [0.25, 0.3) is 0 Å². The third-order valence-electron chi connectivity index (χ3n) is 7.63. The largest absolute Gasteiger partial charge is 0.507 e. The highest BCUT2D eigenvalue weighted by molar-refractivity contribution is 6.33. The standard InChI is InChI=1S/C26H35ClO6/c1-7-22(30)33-21(12-26(6)15(3)9-11-20(29)17(26)5)14(2)8-10-18-24(31)19(13-28)16(4)23(27)25(18)32/h8,13,15,17,21,31-32H,7,9-12H2,1-6H3. The van der Waals surface area contributed by atoms with Crippen LogP contribution in [0.5, 0.6) is 11.5 Å². The van der Waals surface area contributed by atoms with Crippen molar-refractivity contribution in [3.8, 4) is 11.5 Å². The van der Waals surface area contributed by atoms with Crippen LogP contribution in [0.2, 0.25) is 5.02 Å². The van der Waals surface area contributed by atoms with Crippen molar-refractivity contribution >= 4 is 29.6 Å². The van der Waals surface area contributed by atoms with Gasteiger partial charge in [-0.05, 0) is 55.6 Å². The van der Waals surface area contributed by atoms with Crippen LogP contribution in [0.1, 0.15) is 81.8 Å². The second kappa shape index (κ2) is 10.7. The molecular formula is C26H35ClO6. The van der Waals surface area contributed by atoms with E-state index in [0.717, 1.165) is 12.0 Å². The average Bonchev–Trinajstić information content (AvgIpc) is 2.78. The minimum absolute atomic E-state index is 0.0146. The molecule has 4 unspecified atom stereocenters. The molecule has 4 atom stereocenters. The topological polar surface area (TPSA) is 101 Å². The number of rotatable bonds is 8. The smallest absolute Gasteiger partial charge is 0.306 e. The second-order valence-corrected chi connectivity index (χ2v) is 9.85. The Kier molecular flexibility index (Phi) is 8.75. The lowest BCUT2D eigenvalue weighted by molar-refractivity contribution is -0.150. The van der Waals surface area contributed by atoms with Gasteiger partial charge in [-0.1, -0.05) is 45.4 Å². The van der Waals surface area contributed by atoms with Crippen LogP contribution in [0.15, 0.2) is 11.6 Å². The molecule has 1 fully saturated rings. The normalized spacial score (nSPS) is 24.5. The number of carbonyl (C=O) groups is 3. The number of phenolic OH excluding ortho intramolecular Hbond substituents is 2. The number of aldehydes is 1. The first-order valence-corrected chi connectivity index (χ1v) is 11.8. The summed E-state index contributed by atoms with van der Waals surface area (Å²) >= 11 is 6.16. The third-order valence-corrected chi connectivity index (χ3v) is 8.09. The Morgan fingerprint density at radius 2 is 1.94 bits per heavy atom. The summed E-state index contributed by atoms with van der Waals surface area (Å²) in [4.78, 5) is 36.1. The van der Waals surface area contributed by atoms with Crippen molar-refractivity contribution in [3.05, 3.63) is 33.4 Å². The summed E-state index contributed by atoms with van der Waals surface area (Å²) in [5.41, 5.74) is 0.861. The van der Waals surface area contributed by atoms with Gasteiger partial charge in [-0.25, -0.2) is 0 Å². The summed E-state index contributed by atoms with van der Waals surface area (Å²) in [6.07, 6.45) is 3.87. The van der Waals surface area contributed by atoms with Crippen LogP contribution in [0.3, 0.4) is 0 Å². The number of carbonyl (C=O) groups excluding carboxylic acids is 3. The van der Waals surface area contributed by atoms with Gasteiger partial charge in [0.1, 0.15) is 23.4 Å². The molecular weight excluding hydrogens is 444 g/mol. The quantitative estimate of drug-likeness (QED) is 0.282. The monoisotopic (exact) mass is 478 g/mol. The lowest BCUT2D eigenvalue weighted by Crippen LogP contribution is -2.44. The van der Waals surface area contributed by atoms with Crippen molar-refractivity contribution < 1.29 is 29.3 Å². The van der Waals surface area contributed by atoms with E-state index in [-0.39, 0.29) is 69.5 Å². The summed E-state index contributed by atoms with van der Waals surface area (Å²) in [5.74, 6) is -0.594. The molecule has 2 rings (SSSR count). The number of hydrogen-bond acceptors (Lipinski definition) is 6. The Morgan fingerprint density at radius 1 is 1.30 bits per heavy atom. The van der Waals surface area contributed by atoms with E-state index >= 15 is 0 Å². The fraction of sp³-hybridized carbons (Fsp3) is 0.577. The predicted molar refractivity (Wildman–Crippen MR) is 128 cm³/mol. The average molecular weight is 479 g/mol. The summed E-state index contributed by atoms with van der Waals surface area (Å²) in [7, 11) is 0. The minimum Gasteiger partial charge on any atom is -0.507 e. The van der Waals surface area contributed by atoms with Gasteiger partial charge in [-0.2, -0.15) is 0 Å². The molecule has 2 N–H and O–H groups in total. The van der Waals surface area contributed by atoms with Gasteiger partial charge in [0.15, 0.2) is 6.29 Å². The van der Waals surface area contributed by atoms with Crippen LogP contribution in [-0.4, -0.2) is 34.4 Å². The van der Waals surface area contributed by atoms with Crippen LogP contribution < -0.4 is 0 Å². The number of hydrogen-bond donors (Lipinski definition) is 2. The van der Waals surface area contributed by atoms with Crippen molar-refractivity contribution in [3.63, 3.8) is 0 Å². The van der Waals surface area contributed by atoms with E-state index in [0.29, 0.717) is 24.7 Å². The maximum absolute atomic E-state index is 12.5. The van der Waals surface area contributed by atoms with Gasteiger partial charge in [-0.3, -0.25) is 14.4 Å². The lowest BCUT2D eigenvalue weighted by atomic mass is 9.59. The molecule has 0 aromatic heterocycles. The Balaban J connectivity index is 2.41. The van der Waals surface area contributed by atoms with Crippen LogP contribution >= 0.6 is 11.6 Å². The van der Waals surface area contributed by atoms with E-state index in [1.165, 1.54) is 0 Å². The van der Waals surface area contributed by atoms with Crippen molar-refractivity contribution in [2.24, 2.45) is 17.3 Å². The number of allylic oxidation sites excluding steroid dienone is 1. The first-order chi connectivity index (χ1) is 15.4. The molecule has 182 valence electrons. The molecule has 1 aromatic rings. The Hall–Kier alpha value is -2.34. The number of halogens is 1. The van der Waals surface area contributed by atoms with Crippen molar-refractivity contribution in [2.45, 2.75) is 79.8 Å². The zero-order valence-corrected chi connectivity index (χ0v) is 21.1. The fourth-order valence-corrected chi connectivity index (χ4v) is 4.84. The van der Waals surface area contributed by atoms with Gasteiger partial charge in [0.2, 0.25) is 0 Å². The summed E-state index contributed by atoms with van der Waals surface area (Å²) in [5, 5.41) is 21.0. The van der Waals surface area contributed by atoms with Crippen LogP contribution in [0, 0.1) is 24.2 Å². The van der Waals surface area contributed by atoms with Gasteiger partial charge in [0.05, 0.1) is 10.6 Å². The zero-order valence-electron chi connectivity index (χ0n) is 20.3. The maximum Gasteiger partial charge on any atom is 0.306 e. The second-order valence-electron chi connectivity index (χ2n) is 9.47. The SMILES string of the molecule is CCC(=O)OC(CC1(C)C(C)CCC(=O)C1C)C(C)=CCc1c(O)c(Cl)c(C)c(C=O)c1O. The number of ether oxygens (including phenoxy) is 1. The summed E-state index contributed by atoms with van der Waals surface area (Å²) in [6, 6.07) is 0. The van der Waals surface area contributed by atoms with E-state index in [1.54, 1.807) is 19.9 Å². The zero-order chi connectivity index (χ0) is 25.1. The molecule has 33 heavy (non-hydrogen) atoms. The molecule has 6 nitrogen and oxygen atoms in total. The Bertz CT molecular complexity index is 966. The summed E-state index contributed by atoms with van der Waals surface area (Å²) < 4.78 is 5.77. The highest BCUT2D eigenvalue weighted by Gasteiger charge is 2.45. The molecule has 0 aliphatic heterocycles. The van der Waals surface area contributed by atoms with E-state index in [1.807, 2.05) is 13.8 Å². The molecule has 1 saturated carbocycles. The van der Waals surface area contributed by atoms with Crippen molar-refractivity contribution in [1.29, 1.82) is 0 Å². The lowest BCUT2D eigenvalue weighted by Gasteiger charge is -2.45. The van der Waals surface area contributed by atoms with Gasteiger partial charge in [0, 0.05) is 24.3 Å². The fourth-order valence-electron chi connectivity index (χ4n) is 4.63. The number of esters is 1. The molecule has 0 saturated heterocycles. The van der Waals surface area contributed by atoms with E-state index in [9.17, 15) is 24.6 Å². The molecule has 1 aliphatic rings. The minimum atomic E-state index is -0.561. The molecule has 0 bridgehead atoms. The molecule has 7 heteroatoms. The highest BCUT2D eigenvalue weighted by Crippen LogP contribution is 2.48.